The van der Waals surface area contributed by atoms with E-state index >= 15 is 0 Å². The molecule has 1 saturated heterocycles. The van der Waals surface area contributed by atoms with Gasteiger partial charge in [0.1, 0.15) is 11.5 Å². The number of hydrogen-bond acceptors (Lipinski definition) is 4. The highest BCUT2D eigenvalue weighted by Crippen LogP contribution is 2.36. The molecule has 0 radical (unpaired) electrons. The Kier molecular flexibility index (Phi) is 5.52. The van der Waals surface area contributed by atoms with E-state index in [1.54, 1.807) is 7.05 Å². The van der Waals surface area contributed by atoms with Crippen molar-refractivity contribution in [2.24, 2.45) is 0 Å². The fourth-order valence-electron chi connectivity index (χ4n) is 5.41. The highest BCUT2D eigenvalue weighted by molar-refractivity contribution is 5.94. The molecule has 1 aromatic carbocycles. The molecule has 4 heterocycles. The van der Waals surface area contributed by atoms with Crippen molar-refractivity contribution in [3.63, 3.8) is 0 Å². The van der Waals surface area contributed by atoms with E-state index in [4.69, 9.17) is 4.98 Å². The molecule has 0 aliphatic carbocycles. The lowest BCUT2D eigenvalue weighted by molar-refractivity contribution is -0.134. The van der Waals surface area contributed by atoms with Crippen LogP contribution in [0.3, 0.4) is 0 Å². The Morgan fingerprint density at radius 2 is 1.88 bits per heavy atom. The molecule has 5 rings (SSSR count). The first-order chi connectivity index (χ1) is 16.0. The van der Waals surface area contributed by atoms with Crippen LogP contribution in [0.1, 0.15) is 46.8 Å². The average molecular weight is 447 g/mol. The number of amides is 2. The van der Waals surface area contributed by atoms with Crippen molar-refractivity contribution in [2.75, 3.05) is 7.05 Å². The molecule has 2 aliphatic heterocycles. The van der Waals surface area contributed by atoms with Gasteiger partial charge < -0.3 is 14.8 Å². The molecule has 1 fully saturated rings. The standard InChI is InChI=1S/C25H30N6O2/c1-16-13-17(2)30(28-16)12-11-22(32)31-19-9-10-20(31)15-29-21(14-19)23(25(33)26-3)27-24(29)18-7-5-4-6-8-18/h4-8,13,19-20H,9-12,14-15H2,1-3H3,(H,26,33)/t19-,20+/m0/s1. The minimum absolute atomic E-state index is 0.0907. The van der Waals surface area contributed by atoms with Crippen LogP contribution in [0.15, 0.2) is 36.4 Å². The van der Waals surface area contributed by atoms with Gasteiger partial charge in [0.15, 0.2) is 0 Å². The largest absolute Gasteiger partial charge is 0.354 e. The molecule has 2 aromatic heterocycles. The number of fused-ring (bicyclic) bond motifs is 3. The smallest absolute Gasteiger partial charge is 0.271 e. The van der Waals surface area contributed by atoms with E-state index in [1.807, 2.05) is 54.9 Å². The summed E-state index contributed by atoms with van der Waals surface area (Å²) in [5.41, 5.74) is 4.42. The lowest BCUT2D eigenvalue weighted by Gasteiger charge is -2.28. The Morgan fingerprint density at radius 3 is 2.58 bits per heavy atom. The summed E-state index contributed by atoms with van der Waals surface area (Å²) in [6, 6.07) is 12.2. The normalized spacial score (nSPS) is 19.3. The van der Waals surface area contributed by atoms with Gasteiger partial charge in [0, 0.05) is 50.3 Å². The van der Waals surface area contributed by atoms with Gasteiger partial charge in [-0.05, 0) is 32.8 Å². The Hall–Kier alpha value is -3.42. The highest BCUT2D eigenvalue weighted by Gasteiger charge is 2.42. The van der Waals surface area contributed by atoms with E-state index in [-0.39, 0.29) is 23.9 Å². The van der Waals surface area contributed by atoms with Crippen molar-refractivity contribution in [2.45, 2.75) is 64.7 Å². The molecule has 0 spiro atoms. The van der Waals surface area contributed by atoms with Crippen molar-refractivity contribution in [3.8, 4) is 11.4 Å². The third kappa shape index (κ3) is 3.83. The van der Waals surface area contributed by atoms with Crippen molar-refractivity contribution >= 4 is 11.8 Å². The van der Waals surface area contributed by atoms with Gasteiger partial charge in [0.25, 0.3) is 5.91 Å². The Balaban J connectivity index is 1.44. The van der Waals surface area contributed by atoms with Gasteiger partial charge in [-0.15, -0.1) is 0 Å². The van der Waals surface area contributed by atoms with Gasteiger partial charge in [-0.2, -0.15) is 5.10 Å². The maximum atomic E-state index is 13.4. The van der Waals surface area contributed by atoms with Crippen LogP contribution >= 0.6 is 0 Å². The third-order valence-electron chi connectivity index (χ3n) is 6.92. The highest BCUT2D eigenvalue weighted by atomic mass is 16.2. The fraction of sp³-hybridized carbons (Fsp3) is 0.440. The molecule has 2 bridgehead atoms. The van der Waals surface area contributed by atoms with Crippen molar-refractivity contribution in [1.29, 1.82) is 0 Å². The molecule has 2 atom stereocenters. The van der Waals surface area contributed by atoms with Crippen molar-refractivity contribution in [1.82, 2.24) is 29.5 Å². The predicted molar refractivity (Wildman–Crippen MR) is 125 cm³/mol. The topological polar surface area (TPSA) is 85.0 Å². The molecule has 2 aliphatic rings. The number of nitrogens with one attached hydrogen (secondary N) is 1. The summed E-state index contributed by atoms with van der Waals surface area (Å²) in [6.07, 6.45) is 2.99. The Morgan fingerprint density at radius 1 is 1.12 bits per heavy atom. The second-order valence-corrected chi connectivity index (χ2v) is 9.08. The van der Waals surface area contributed by atoms with E-state index in [2.05, 4.69) is 19.9 Å². The van der Waals surface area contributed by atoms with Crippen LogP contribution in [0.4, 0.5) is 0 Å². The van der Waals surface area contributed by atoms with Crippen LogP contribution in [0, 0.1) is 13.8 Å². The average Bonchev–Trinajstić information content (AvgIpc) is 3.43. The molecule has 1 N–H and O–H groups in total. The van der Waals surface area contributed by atoms with Crippen LogP contribution in [-0.4, -0.2) is 55.2 Å². The Labute approximate surface area is 193 Å². The summed E-state index contributed by atoms with van der Waals surface area (Å²) < 4.78 is 4.09. The number of carbonyl (C=O) groups is 2. The lowest BCUT2D eigenvalue weighted by atomic mass is 10.1. The second-order valence-electron chi connectivity index (χ2n) is 9.08. The lowest BCUT2D eigenvalue weighted by Crippen LogP contribution is -2.42. The summed E-state index contributed by atoms with van der Waals surface area (Å²) in [5, 5.41) is 7.23. The summed E-state index contributed by atoms with van der Waals surface area (Å²) in [7, 11) is 1.63. The second kappa shape index (κ2) is 8.50. The zero-order chi connectivity index (χ0) is 23.1. The van der Waals surface area contributed by atoms with E-state index in [1.165, 1.54) is 0 Å². The van der Waals surface area contributed by atoms with Gasteiger partial charge >= 0.3 is 0 Å². The number of benzene rings is 1. The van der Waals surface area contributed by atoms with E-state index in [0.29, 0.717) is 31.6 Å². The van der Waals surface area contributed by atoms with Crippen molar-refractivity contribution < 1.29 is 9.59 Å². The molecule has 3 aromatic rings. The zero-order valence-electron chi connectivity index (χ0n) is 19.4. The molecule has 33 heavy (non-hydrogen) atoms. The minimum atomic E-state index is -0.180. The summed E-state index contributed by atoms with van der Waals surface area (Å²) in [6.45, 7) is 5.23. The van der Waals surface area contributed by atoms with Crippen molar-refractivity contribution in [3.05, 3.63) is 59.2 Å². The first-order valence-corrected chi connectivity index (χ1v) is 11.7. The van der Waals surface area contributed by atoms with Crippen LogP contribution in [0.5, 0.6) is 0 Å². The quantitative estimate of drug-likeness (QED) is 0.653. The van der Waals surface area contributed by atoms with Crippen LogP contribution in [0.2, 0.25) is 0 Å². The van der Waals surface area contributed by atoms with Crippen LogP contribution in [0.25, 0.3) is 11.4 Å². The van der Waals surface area contributed by atoms with Gasteiger partial charge in [-0.3, -0.25) is 14.3 Å². The number of hydrogen-bond donors (Lipinski definition) is 1. The fourth-order valence-corrected chi connectivity index (χ4v) is 5.41. The zero-order valence-corrected chi connectivity index (χ0v) is 19.4. The first kappa shape index (κ1) is 21.4. The minimum Gasteiger partial charge on any atom is -0.354 e. The van der Waals surface area contributed by atoms with E-state index in [9.17, 15) is 9.59 Å². The molecule has 8 heteroatoms. The predicted octanol–water partition coefficient (Wildman–Crippen LogP) is 2.73. The maximum absolute atomic E-state index is 13.4. The number of imidazole rings is 1. The number of carbonyl (C=O) groups excluding carboxylic acids is 2. The molecule has 2 amide bonds. The summed E-state index contributed by atoms with van der Waals surface area (Å²) >= 11 is 0. The number of aromatic nitrogens is 4. The van der Waals surface area contributed by atoms with Gasteiger partial charge in [0.2, 0.25) is 5.91 Å². The SMILES string of the molecule is CNC(=O)c1nc(-c2ccccc2)n2c1C[C@@H]1CC[C@H](C2)N1C(=O)CCn1nc(C)cc1C. The van der Waals surface area contributed by atoms with Gasteiger partial charge in [-0.1, -0.05) is 30.3 Å². The number of nitrogens with zero attached hydrogens (tertiary/aromatic N) is 5. The molecule has 0 saturated carbocycles. The van der Waals surface area contributed by atoms with E-state index in [0.717, 1.165) is 41.3 Å². The van der Waals surface area contributed by atoms with E-state index < -0.39 is 0 Å². The molecular formula is C25H30N6O2. The summed E-state index contributed by atoms with van der Waals surface area (Å²) in [5.74, 6) is 0.782. The molecular weight excluding hydrogens is 416 g/mol. The molecule has 172 valence electrons. The van der Waals surface area contributed by atoms with Crippen LogP contribution < -0.4 is 5.32 Å². The maximum Gasteiger partial charge on any atom is 0.271 e. The third-order valence-corrected chi connectivity index (χ3v) is 6.92. The van der Waals surface area contributed by atoms with Gasteiger partial charge in [0.05, 0.1) is 17.4 Å². The molecule has 0 unspecified atom stereocenters. The van der Waals surface area contributed by atoms with Gasteiger partial charge in [-0.25, -0.2) is 4.98 Å². The Bertz CT molecular complexity index is 1200. The number of rotatable bonds is 5. The first-order valence-electron chi connectivity index (χ1n) is 11.7. The summed E-state index contributed by atoms with van der Waals surface area (Å²) in [4.78, 5) is 32.9. The van der Waals surface area contributed by atoms with Crippen LogP contribution in [-0.2, 0) is 24.3 Å². The monoisotopic (exact) mass is 446 g/mol. The molecule has 8 nitrogen and oxygen atoms in total. The number of aryl methyl sites for hydroxylation is 3.